The van der Waals surface area contributed by atoms with E-state index in [1.807, 2.05) is 13.0 Å². The van der Waals surface area contributed by atoms with Crippen LogP contribution in [0.5, 0.6) is 0 Å². The van der Waals surface area contributed by atoms with Gasteiger partial charge in [-0.1, -0.05) is 12.5 Å². The van der Waals surface area contributed by atoms with Crippen molar-refractivity contribution in [2.75, 3.05) is 11.5 Å². The summed E-state index contributed by atoms with van der Waals surface area (Å²) in [6.45, 7) is 1.90. The lowest BCUT2D eigenvalue weighted by atomic mass is 9.90. The Labute approximate surface area is 115 Å². The van der Waals surface area contributed by atoms with Crippen LogP contribution in [0.4, 0.5) is 5.69 Å². The molecule has 4 heteroatoms. The molecular weight excluding hydrogens is 258 g/mol. The minimum Gasteiger partial charge on any atom is -0.398 e. The summed E-state index contributed by atoms with van der Waals surface area (Å²) >= 11 is 0. The Morgan fingerprint density at radius 1 is 1.26 bits per heavy atom. The van der Waals surface area contributed by atoms with E-state index < -0.39 is 9.84 Å². The second-order valence-corrected chi connectivity index (χ2v) is 8.26. The van der Waals surface area contributed by atoms with Crippen LogP contribution in [-0.4, -0.2) is 14.2 Å². The fourth-order valence-electron chi connectivity index (χ4n) is 3.86. The summed E-state index contributed by atoms with van der Waals surface area (Å²) in [5, 5.41) is 0. The quantitative estimate of drug-likeness (QED) is 0.865. The maximum atomic E-state index is 12.6. The molecule has 3 unspecified atom stereocenters. The van der Waals surface area contributed by atoms with Crippen LogP contribution in [0.2, 0.25) is 0 Å². The average Bonchev–Trinajstić information content (AvgIpc) is 2.93. The van der Waals surface area contributed by atoms with Crippen LogP contribution >= 0.6 is 0 Å². The molecule has 0 aromatic heterocycles. The Morgan fingerprint density at radius 3 is 2.68 bits per heavy atom. The van der Waals surface area contributed by atoms with Crippen molar-refractivity contribution in [2.45, 2.75) is 37.5 Å². The number of hydrogen-bond acceptors (Lipinski definition) is 3. The lowest BCUT2D eigenvalue weighted by Crippen LogP contribution is -2.22. The van der Waals surface area contributed by atoms with Gasteiger partial charge in [-0.05, 0) is 61.6 Å². The zero-order chi connectivity index (χ0) is 13.6. The normalized spacial score (nSPS) is 29.8. The van der Waals surface area contributed by atoms with Crippen LogP contribution in [0, 0.1) is 24.7 Å². The third-order valence-electron chi connectivity index (χ3n) is 4.82. The maximum absolute atomic E-state index is 12.6. The highest BCUT2D eigenvalue weighted by molar-refractivity contribution is 7.91. The van der Waals surface area contributed by atoms with Gasteiger partial charge in [0.05, 0.1) is 16.3 Å². The van der Waals surface area contributed by atoms with E-state index in [2.05, 4.69) is 0 Å². The highest BCUT2D eigenvalue weighted by atomic mass is 32.2. The molecule has 2 bridgehead atoms. The molecule has 1 aromatic carbocycles. The van der Waals surface area contributed by atoms with Gasteiger partial charge >= 0.3 is 0 Å². The van der Waals surface area contributed by atoms with E-state index >= 15 is 0 Å². The van der Waals surface area contributed by atoms with Gasteiger partial charge in [-0.25, -0.2) is 8.42 Å². The van der Waals surface area contributed by atoms with Gasteiger partial charge in [0.25, 0.3) is 0 Å². The second-order valence-electron chi connectivity index (χ2n) is 6.26. The summed E-state index contributed by atoms with van der Waals surface area (Å²) in [7, 11) is -3.24. The first-order valence-electron chi connectivity index (χ1n) is 7.04. The van der Waals surface area contributed by atoms with Gasteiger partial charge < -0.3 is 5.73 Å². The number of hydrogen-bond donors (Lipinski definition) is 1. The molecule has 1 aromatic rings. The highest BCUT2D eigenvalue weighted by Gasteiger charge is 2.41. The summed E-state index contributed by atoms with van der Waals surface area (Å²) in [5.74, 6) is 2.04. The number of benzene rings is 1. The third kappa shape index (κ3) is 2.38. The molecule has 0 spiro atoms. The molecule has 19 heavy (non-hydrogen) atoms. The van der Waals surface area contributed by atoms with Gasteiger partial charge in [0.15, 0.2) is 9.84 Å². The van der Waals surface area contributed by atoms with Crippen molar-refractivity contribution in [2.24, 2.45) is 17.8 Å². The molecule has 3 atom stereocenters. The minimum atomic E-state index is -3.24. The number of fused-ring (bicyclic) bond motifs is 2. The predicted molar refractivity (Wildman–Crippen MR) is 76.6 cm³/mol. The van der Waals surface area contributed by atoms with E-state index in [-0.39, 0.29) is 5.75 Å². The lowest BCUT2D eigenvalue weighted by molar-refractivity contribution is 0.360. The van der Waals surface area contributed by atoms with Crippen molar-refractivity contribution in [1.82, 2.24) is 0 Å². The summed E-state index contributed by atoms with van der Waals surface area (Å²) < 4.78 is 25.1. The zero-order valence-corrected chi connectivity index (χ0v) is 12.1. The Hall–Kier alpha value is -1.03. The molecule has 3 nitrogen and oxygen atoms in total. The van der Waals surface area contributed by atoms with E-state index in [1.54, 1.807) is 12.1 Å². The average molecular weight is 279 g/mol. The van der Waals surface area contributed by atoms with E-state index in [4.69, 9.17) is 5.73 Å². The molecule has 2 aliphatic rings. The van der Waals surface area contributed by atoms with Crippen molar-refractivity contribution >= 4 is 15.5 Å². The van der Waals surface area contributed by atoms with Crippen LogP contribution in [-0.2, 0) is 9.84 Å². The van der Waals surface area contributed by atoms with E-state index in [0.717, 1.165) is 17.9 Å². The van der Waals surface area contributed by atoms with Crippen molar-refractivity contribution in [3.63, 3.8) is 0 Å². The molecule has 2 fully saturated rings. The van der Waals surface area contributed by atoms with Gasteiger partial charge in [-0.15, -0.1) is 0 Å². The van der Waals surface area contributed by atoms with E-state index in [1.165, 1.54) is 19.3 Å². The molecule has 0 aliphatic heterocycles. The largest absolute Gasteiger partial charge is 0.398 e. The molecule has 3 rings (SSSR count). The summed E-state index contributed by atoms with van der Waals surface area (Å²) in [6, 6.07) is 5.26. The van der Waals surface area contributed by atoms with Gasteiger partial charge in [0, 0.05) is 0 Å². The first-order valence-corrected chi connectivity index (χ1v) is 8.70. The van der Waals surface area contributed by atoms with E-state index in [9.17, 15) is 8.42 Å². The number of rotatable bonds is 3. The predicted octanol–water partition coefficient (Wildman–Crippen LogP) is 2.79. The van der Waals surface area contributed by atoms with Crippen LogP contribution < -0.4 is 5.73 Å². The standard InChI is InChI=1S/C15H21NO2S/c1-10-2-5-14(16)15(6-10)19(17,18)9-13-8-11-3-4-12(13)7-11/h2,5-6,11-13H,3-4,7-9,16H2,1H3. The van der Waals surface area contributed by atoms with Gasteiger partial charge in [-0.3, -0.25) is 0 Å². The maximum Gasteiger partial charge on any atom is 0.180 e. The van der Waals surface area contributed by atoms with Crippen molar-refractivity contribution in [3.05, 3.63) is 23.8 Å². The first kappa shape index (κ1) is 13.0. The van der Waals surface area contributed by atoms with Crippen molar-refractivity contribution in [1.29, 1.82) is 0 Å². The van der Waals surface area contributed by atoms with E-state index in [0.29, 0.717) is 22.4 Å². The van der Waals surface area contributed by atoms with Gasteiger partial charge in [0.2, 0.25) is 0 Å². The van der Waals surface area contributed by atoms with Crippen LogP contribution in [0.1, 0.15) is 31.2 Å². The SMILES string of the molecule is Cc1ccc(N)c(S(=O)(=O)CC2CC3CCC2C3)c1. The molecule has 2 saturated carbocycles. The van der Waals surface area contributed by atoms with Gasteiger partial charge in [-0.2, -0.15) is 0 Å². The molecule has 0 amide bonds. The molecule has 2 aliphatic carbocycles. The fourth-order valence-corrected chi connectivity index (χ4v) is 5.81. The Balaban J connectivity index is 1.85. The molecule has 2 N–H and O–H groups in total. The smallest absolute Gasteiger partial charge is 0.180 e. The topological polar surface area (TPSA) is 60.2 Å². The Bertz CT molecular complexity index is 594. The first-order chi connectivity index (χ1) is 8.95. The Morgan fingerprint density at radius 2 is 2.05 bits per heavy atom. The Kier molecular flexibility index (Phi) is 3.08. The second kappa shape index (κ2) is 4.51. The fraction of sp³-hybridized carbons (Fsp3) is 0.600. The lowest BCUT2D eigenvalue weighted by Gasteiger charge is -2.21. The van der Waals surface area contributed by atoms with Crippen LogP contribution in [0.15, 0.2) is 23.1 Å². The minimum absolute atomic E-state index is 0.280. The molecule has 104 valence electrons. The highest BCUT2D eigenvalue weighted by Crippen LogP contribution is 2.49. The number of nitrogens with two attached hydrogens (primary N) is 1. The number of nitrogen functional groups attached to an aromatic ring is 1. The number of sulfone groups is 1. The zero-order valence-electron chi connectivity index (χ0n) is 11.3. The molecule has 0 heterocycles. The number of anilines is 1. The van der Waals surface area contributed by atoms with Crippen molar-refractivity contribution < 1.29 is 8.42 Å². The molecule has 0 radical (unpaired) electrons. The number of aryl methyl sites for hydroxylation is 1. The summed E-state index contributed by atoms with van der Waals surface area (Å²) in [6.07, 6.45) is 4.85. The van der Waals surface area contributed by atoms with Crippen molar-refractivity contribution in [3.8, 4) is 0 Å². The summed E-state index contributed by atoms with van der Waals surface area (Å²) in [5.41, 5.74) is 7.17. The summed E-state index contributed by atoms with van der Waals surface area (Å²) in [4.78, 5) is 0.329. The van der Waals surface area contributed by atoms with Crippen LogP contribution in [0.3, 0.4) is 0 Å². The molecular formula is C15H21NO2S. The third-order valence-corrected chi connectivity index (χ3v) is 6.71. The van der Waals surface area contributed by atoms with Crippen LogP contribution in [0.25, 0.3) is 0 Å². The monoisotopic (exact) mass is 279 g/mol. The van der Waals surface area contributed by atoms with Gasteiger partial charge in [0.1, 0.15) is 0 Å². The molecule has 0 saturated heterocycles.